The van der Waals surface area contributed by atoms with E-state index in [4.69, 9.17) is 9.47 Å². The first-order chi connectivity index (χ1) is 14.1. The van der Waals surface area contributed by atoms with Gasteiger partial charge in [0.2, 0.25) is 0 Å². The topological polar surface area (TPSA) is 55.8 Å². The van der Waals surface area contributed by atoms with E-state index in [-0.39, 0.29) is 28.9 Å². The zero-order valence-electron chi connectivity index (χ0n) is 17.3. The zero-order valence-corrected chi connectivity index (χ0v) is 17.3. The summed E-state index contributed by atoms with van der Waals surface area (Å²) in [6.07, 6.45) is -4.55. The van der Waals surface area contributed by atoms with Crippen molar-refractivity contribution in [2.24, 2.45) is 0 Å². The SMILES string of the molecule is CC1(C)Cc2c(C(F)(F)F)ccc(COc3c(F)cc(C(C)(C)C(=O)O)cc3F)c2O1. The summed E-state index contributed by atoms with van der Waals surface area (Å²) in [5.74, 6) is -4.26. The van der Waals surface area contributed by atoms with Crippen molar-refractivity contribution < 1.29 is 41.3 Å². The van der Waals surface area contributed by atoms with Gasteiger partial charge in [-0.25, -0.2) is 8.78 Å². The van der Waals surface area contributed by atoms with Crippen LogP contribution in [-0.4, -0.2) is 16.7 Å². The van der Waals surface area contributed by atoms with Crippen LogP contribution in [0.25, 0.3) is 0 Å². The van der Waals surface area contributed by atoms with Gasteiger partial charge in [0.05, 0.1) is 11.0 Å². The number of hydrogen-bond donors (Lipinski definition) is 1. The van der Waals surface area contributed by atoms with Gasteiger partial charge in [-0.05, 0) is 51.5 Å². The van der Waals surface area contributed by atoms with E-state index in [1.807, 2.05) is 0 Å². The Morgan fingerprint density at radius 1 is 1.16 bits per heavy atom. The van der Waals surface area contributed by atoms with Crippen LogP contribution >= 0.6 is 0 Å². The fraction of sp³-hybridized carbons (Fsp3) is 0.409. The molecule has 0 saturated carbocycles. The number of alkyl halides is 3. The second-order valence-corrected chi connectivity index (χ2v) is 8.60. The van der Waals surface area contributed by atoms with E-state index >= 15 is 0 Å². The Balaban J connectivity index is 1.93. The second-order valence-electron chi connectivity index (χ2n) is 8.60. The maximum Gasteiger partial charge on any atom is 0.416 e. The lowest BCUT2D eigenvalue weighted by atomic mass is 9.84. The minimum Gasteiger partial charge on any atom is -0.487 e. The maximum absolute atomic E-state index is 14.5. The average molecular weight is 444 g/mol. The van der Waals surface area contributed by atoms with E-state index in [9.17, 15) is 31.9 Å². The number of ether oxygens (including phenoxy) is 2. The summed E-state index contributed by atoms with van der Waals surface area (Å²) < 4.78 is 79.9. The van der Waals surface area contributed by atoms with Gasteiger partial charge in [0.1, 0.15) is 18.0 Å². The minimum atomic E-state index is -4.57. The molecule has 1 N–H and O–H groups in total. The lowest BCUT2D eigenvalue weighted by Gasteiger charge is -2.21. The monoisotopic (exact) mass is 444 g/mol. The summed E-state index contributed by atoms with van der Waals surface area (Å²) in [6, 6.07) is 3.78. The first kappa shape index (κ1) is 22.8. The van der Waals surface area contributed by atoms with Crippen LogP contribution in [0, 0.1) is 11.6 Å². The highest BCUT2D eigenvalue weighted by Crippen LogP contribution is 2.45. The first-order valence-corrected chi connectivity index (χ1v) is 9.40. The van der Waals surface area contributed by atoms with Crippen molar-refractivity contribution in [1.82, 2.24) is 0 Å². The molecule has 1 aliphatic rings. The number of carboxylic acids is 1. The number of carbonyl (C=O) groups is 1. The van der Waals surface area contributed by atoms with Crippen molar-refractivity contribution in [3.63, 3.8) is 0 Å². The Morgan fingerprint density at radius 2 is 1.74 bits per heavy atom. The zero-order chi connectivity index (χ0) is 23.4. The lowest BCUT2D eigenvalue weighted by Crippen LogP contribution is -2.28. The summed E-state index contributed by atoms with van der Waals surface area (Å²) in [5.41, 5.74) is -3.15. The van der Waals surface area contributed by atoms with Crippen molar-refractivity contribution in [2.75, 3.05) is 0 Å². The molecule has 0 atom stereocenters. The third-order valence-corrected chi connectivity index (χ3v) is 5.25. The van der Waals surface area contributed by atoms with E-state index in [1.165, 1.54) is 13.8 Å². The van der Waals surface area contributed by atoms with Gasteiger partial charge < -0.3 is 14.6 Å². The van der Waals surface area contributed by atoms with Gasteiger partial charge in [0, 0.05) is 17.5 Å². The van der Waals surface area contributed by atoms with Gasteiger partial charge >= 0.3 is 12.1 Å². The summed E-state index contributed by atoms with van der Waals surface area (Å²) in [6.45, 7) is 5.44. The van der Waals surface area contributed by atoms with E-state index in [0.29, 0.717) is 0 Å². The Kier molecular flexibility index (Phi) is 5.44. The first-order valence-electron chi connectivity index (χ1n) is 9.40. The van der Waals surface area contributed by atoms with Gasteiger partial charge in [0.25, 0.3) is 0 Å². The minimum absolute atomic E-state index is 0.00993. The van der Waals surface area contributed by atoms with Crippen LogP contribution in [0.1, 0.15) is 49.9 Å². The summed E-state index contributed by atoms with van der Waals surface area (Å²) in [7, 11) is 0. The van der Waals surface area contributed by atoms with Crippen LogP contribution in [0.3, 0.4) is 0 Å². The lowest BCUT2D eigenvalue weighted by molar-refractivity contribution is -0.142. The Bertz CT molecular complexity index is 1020. The molecule has 9 heteroatoms. The molecule has 1 heterocycles. The molecule has 4 nitrogen and oxygen atoms in total. The van der Waals surface area contributed by atoms with E-state index in [1.54, 1.807) is 13.8 Å². The van der Waals surface area contributed by atoms with E-state index in [0.717, 1.165) is 24.3 Å². The van der Waals surface area contributed by atoms with Gasteiger partial charge in [-0.15, -0.1) is 0 Å². The van der Waals surface area contributed by atoms with Gasteiger partial charge in [-0.2, -0.15) is 13.2 Å². The number of fused-ring (bicyclic) bond motifs is 1. The van der Waals surface area contributed by atoms with Gasteiger partial charge in [0.15, 0.2) is 17.4 Å². The number of aliphatic carboxylic acids is 1. The summed E-state index contributed by atoms with van der Waals surface area (Å²) in [4.78, 5) is 11.3. The summed E-state index contributed by atoms with van der Waals surface area (Å²) in [5, 5.41) is 9.24. The molecule has 3 rings (SSSR count). The van der Waals surface area contributed by atoms with Gasteiger partial charge in [-0.3, -0.25) is 4.79 Å². The Labute approximate surface area is 175 Å². The molecular weight excluding hydrogens is 423 g/mol. The predicted octanol–water partition coefficient (Wildman–Crippen LogP) is 5.64. The number of rotatable bonds is 5. The van der Waals surface area contributed by atoms with Crippen LogP contribution < -0.4 is 9.47 Å². The second kappa shape index (κ2) is 7.39. The molecule has 0 spiro atoms. The predicted molar refractivity (Wildman–Crippen MR) is 101 cm³/mol. The molecular formula is C22H21F5O4. The van der Waals surface area contributed by atoms with Crippen LogP contribution in [0.15, 0.2) is 24.3 Å². The smallest absolute Gasteiger partial charge is 0.416 e. The van der Waals surface area contributed by atoms with Crippen LogP contribution in [0.5, 0.6) is 11.5 Å². The molecule has 0 amide bonds. The van der Waals surface area contributed by atoms with Crippen molar-refractivity contribution in [1.29, 1.82) is 0 Å². The molecule has 0 radical (unpaired) electrons. The molecule has 0 aliphatic carbocycles. The average Bonchev–Trinajstić information content (AvgIpc) is 2.94. The fourth-order valence-electron chi connectivity index (χ4n) is 3.43. The normalized spacial score (nSPS) is 15.4. The third kappa shape index (κ3) is 4.31. The standard InChI is InChI=1S/C22H21F5O4/c1-20(2)9-13-14(22(25,26)27)6-5-11(17(13)31-20)10-30-18-15(23)7-12(8-16(18)24)21(3,4)19(28)29/h5-8H,9-10H2,1-4H3,(H,28,29). The van der Waals surface area contributed by atoms with Crippen molar-refractivity contribution >= 4 is 5.97 Å². The molecule has 168 valence electrons. The molecule has 0 aromatic heterocycles. The molecule has 31 heavy (non-hydrogen) atoms. The number of benzene rings is 2. The van der Waals surface area contributed by atoms with Crippen LogP contribution in [-0.2, 0) is 29.4 Å². The highest BCUT2D eigenvalue weighted by molar-refractivity contribution is 5.80. The molecule has 0 bridgehead atoms. The van der Waals surface area contributed by atoms with Crippen LogP contribution in [0.4, 0.5) is 22.0 Å². The quantitative estimate of drug-likeness (QED) is 0.607. The van der Waals surface area contributed by atoms with Crippen molar-refractivity contribution in [2.45, 2.75) is 57.9 Å². The number of halogens is 5. The Morgan fingerprint density at radius 3 is 2.26 bits per heavy atom. The van der Waals surface area contributed by atoms with Crippen LogP contribution in [0.2, 0.25) is 0 Å². The van der Waals surface area contributed by atoms with E-state index in [2.05, 4.69) is 0 Å². The number of hydrogen-bond acceptors (Lipinski definition) is 3. The summed E-state index contributed by atoms with van der Waals surface area (Å²) >= 11 is 0. The molecule has 0 saturated heterocycles. The molecule has 0 fully saturated rings. The highest BCUT2D eigenvalue weighted by atomic mass is 19.4. The third-order valence-electron chi connectivity index (χ3n) is 5.25. The molecule has 2 aromatic rings. The van der Waals surface area contributed by atoms with Gasteiger partial charge in [-0.1, -0.05) is 6.07 Å². The van der Waals surface area contributed by atoms with Crippen molar-refractivity contribution in [3.8, 4) is 11.5 Å². The fourth-order valence-corrected chi connectivity index (χ4v) is 3.43. The number of carboxylic acid groups (broad SMARTS) is 1. The molecule has 0 unspecified atom stereocenters. The molecule has 1 aliphatic heterocycles. The highest BCUT2D eigenvalue weighted by Gasteiger charge is 2.41. The van der Waals surface area contributed by atoms with E-state index < -0.39 is 52.7 Å². The molecule has 2 aromatic carbocycles. The largest absolute Gasteiger partial charge is 0.487 e. The maximum atomic E-state index is 14.5. The Hall–Kier alpha value is -2.84. The van der Waals surface area contributed by atoms with Crippen molar-refractivity contribution in [3.05, 3.63) is 58.2 Å².